The minimum Gasteiger partial charge on any atom is -0.341 e. The van der Waals surface area contributed by atoms with E-state index < -0.39 is 20.5 Å². The van der Waals surface area contributed by atoms with Crippen LogP contribution in [0.1, 0.15) is 18.4 Å². The van der Waals surface area contributed by atoms with E-state index in [4.69, 9.17) is 11.6 Å². The first kappa shape index (κ1) is 22.0. The summed E-state index contributed by atoms with van der Waals surface area (Å²) in [4.78, 5) is 1.77. The van der Waals surface area contributed by atoms with Crippen molar-refractivity contribution in [2.45, 2.75) is 34.4 Å². The van der Waals surface area contributed by atoms with Gasteiger partial charge < -0.3 is 4.90 Å². The van der Waals surface area contributed by atoms with Gasteiger partial charge in [-0.3, -0.25) is 4.57 Å². The number of halogens is 3. The van der Waals surface area contributed by atoms with Crippen LogP contribution in [0.2, 0.25) is 5.02 Å². The van der Waals surface area contributed by atoms with E-state index >= 15 is 0 Å². The molecule has 4 rings (SSSR count). The van der Waals surface area contributed by atoms with Gasteiger partial charge in [0, 0.05) is 18.8 Å². The molecule has 0 atom stereocenters. The molecular weight excluding hydrogens is 466 g/mol. The summed E-state index contributed by atoms with van der Waals surface area (Å²) in [5.74, 6) is -2.25. The van der Waals surface area contributed by atoms with Crippen molar-refractivity contribution < 1.29 is 17.2 Å². The zero-order chi connectivity index (χ0) is 22.0. The number of sulfone groups is 1. The molecule has 1 aliphatic rings. The van der Waals surface area contributed by atoms with Gasteiger partial charge in [-0.15, -0.1) is 10.2 Å². The van der Waals surface area contributed by atoms with Crippen LogP contribution in [-0.4, -0.2) is 42.0 Å². The average Bonchev–Trinajstić information content (AvgIpc) is 3.42. The fourth-order valence-corrected chi connectivity index (χ4v) is 5.18. The Labute approximate surface area is 188 Å². The van der Waals surface area contributed by atoms with Gasteiger partial charge in [0.15, 0.2) is 5.16 Å². The molecule has 0 spiro atoms. The molecule has 0 unspecified atom stereocenters. The predicted molar refractivity (Wildman–Crippen MR) is 117 cm³/mol. The van der Waals surface area contributed by atoms with E-state index in [0.29, 0.717) is 15.9 Å². The van der Waals surface area contributed by atoms with Crippen molar-refractivity contribution in [2.75, 3.05) is 18.0 Å². The maximum Gasteiger partial charge on any atom is 0.341 e. The fourth-order valence-electron chi connectivity index (χ4n) is 3.35. The highest BCUT2D eigenvalue weighted by atomic mass is 35.5. The Bertz CT molecular complexity index is 1160. The Morgan fingerprint density at radius 3 is 2.35 bits per heavy atom. The molecule has 11 heteroatoms. The van der Waals surface area contributed by atoms with E-state index in [1.165, 1.54) is 36.0 Å². The Morgan fingerprint density at radius 2 is 1.71 bits per heavy atom. The van der Waals surface area contributed by atoms with E-state index in [0.717, 1.165) is 43.1 Å². The molecule has 0 radical (unpaired) electrons. The van der Waals surface area contributed by atoms with Crippen LogP contribution in [0.5, 0.6) is 0 Å². The Balaban J connectivity index is 1.60. The topological polar surface area (TPSA) is 68.1 Å². The molecule has 3 aromatic rings. The number of para-hydroxylation sites is 1. The maximum absolute atomic E-state index is 12.7. The molecule has 0 saturated carbocycles. The molecule has 0 N–H and O–H groups in total. The number of anilines is 1. The number of aromatic nitrogens is 3. The van der Waals surface area contributed by atoms with E-state index in [1.807, 2.05) is 22.8 Å². The summed E-state index contributed by atoms with van der Waals surface area (Å²) in [6, 6.07) is 12.9. The van der Waals surface area contributed by atoms with Crippen molar-refractivity contribution in [3.8, 4) is 5.69 Å². The lowest BCUT2D eigenvalue weighted by atomic mass is 10.2. The van der Waals surface area contributed by atoms with Gasteiger partial charge in [-0.2, -0.15) is 8.78 Å². The highest BCUT2D eigenvalue weighted by molar-refractivity contribution is 7.98. The third-order valence-electron chi connectivity index (χ3n) is 4.95. The third kappa shape index (κ3) is 4.56. The fraction of sp³-hybridized carbons (Fsp3) is 0.300. The number of benzene rings is 2. The van der Waals surface area contributed by atoms with Gasteiger partial charge in [0.2, 0.25) is 15.8 Å². The normalized spacial score (nSPS) is 14.5. The lowest BCUT2D eigenvalue weighted by Gasteiger charge is -2.19. The largest absolute Gasteiger partial charge is 0.341 e. The molecule has 2 aromatic carbocycles. The highest BCUT2D eigenvalue weighted by Gasteiger charge is 2.26. The van der Waals surface area contributed by atoms with Gasteiger partial charge in [-0.1, -0.05) is 47.6 Å². The summed E-state index contributed by atoms with van der Waals surface area (Å²) in [6.07, 6.45) is 2.18. The number of hydrogen-bond acceptors (Lipinski definition) is 6. The first-order chi connectivity index (χ1) is 14.9. The molecule has 164 valence electrons. The van der Waals surface area contributed by atoms with Crippen molar-refractivity contribution in [1.29, 1.82) is 0 Å². The molecule has 0 bridgehead atoms. The number of thioether (sulfide) groups is 1. The van der Waals surface area contributed by atoms with E-state index in [2.05, 4.69) is 15.1 Å². The molecule has 31 heavy (non-hydrogen) atoms. The van der Waals surface area contributed by atoms with Crippen molar-refractivity contribution in [3.05, 3.63) is 59.1 Å². The standard InChI is InChI=1S/C20H19ClF2N4O2S2/c21-16-5-1-2-6-17(16)27-19(26-11-3-4-12-26)24-25-20(27)30-13-14-7-9-15(10-8-14)31(28,29)18(22)23/h1-2,5-10,18H,3-4,11-13H2. The second kappa shape index (κ2) is 9.13. The first-order valence-electron chi connectivity index (χ1n) is 9.57. The van der Waals surface area contributed by atoms with Gasteiger partial charge in [0.05, 0.1) is 15.6 Å². The van der Waals surface area contributed by atoms with Gasteiger partial charge in [-0.25, -0.2) is 8.42 Å². The monoisotopic (exact) mass is 484 g/mol. The summed E-state index contributed by atoms with van der Waals surface area (Å²) in [5, 5.41) is 9.96. The first-order valence-corrected chi connectivity index (χ1v) is 12.5. The van der Waals surface area contributed by atoms with Crippen LogP contribution in [-0.2, 0) is 15.6 Å². The smallest absolute Gasteiger partial charge is 0.341 e. The second-order valence-electron chi connectivity index (χ2n) is 7.00. The van der Waals surface area contributed by atoms with Crippen molar-refractivity contribution >= 4 is 39.1 Å². The van der Waals surface area contributed by atoms with E-state index in [9.17, 15) is 17.2 Å². The van der Waals surface area contributed by atoms with E-state index in [-0.39, 0.29) is 0 Å². The third-order valence-corrected chi connectivity index (χ3v) is 7.67. The summed E-state index contributed by atoms with van der Waals surface area (Å²) in [6.45, 7) is 1.79. The molecule has 1 fully saturated rings. The molecule has 2 heterocycles. The number of nitrogens with zero attached hydrogens (tertiary/aromatic N) is 4. The van der Waals surface area contributed by atoms with Crippen LogP contribution in [0.15, 0.2) is 58.6 Å². The lowest BCUT2D eigenvalue weighted by molar-refractivity contribution is 0.234. The van der Waals surface area contributed by atoms with Gasteiger partial charge in [0.25, 0.3) is 0 Å². The van der Waals surface area contributed by atoms with Crippen LogP contribution in [0.4, 0.5) is 14.7 Å². The van der Waals surface area contributed by atoms with Gasteiger partial charge in [-0.05, 0) is 42.7 Å². The summed E-state index contributed by atoms with van der Waals surface area (Å²) < 4.78 is 50.5. The van der Waals surface area contributed by atoms with Crippen molar-refractivity contribution in [1.82, 2.24) is 14.8 Å². The highest BCUT2D eigenvalue weighted by Crippen LogP contribution is 2.33. The van der Waals surface area contributed by atoms with Crippen LogP contribution < -0.4 is 4.90 Å². The zero-order valence-corrected chi connectivity index (χ0v) is 18.7. The zero-order valence-electron chi connectivity index (χ0n) is 16.3. The van der Waals surface area contributed by atoms with Gasteiger partial charge >= 0.3 is 5.76 Å². The SMILES string of the molecule is O=S(=O)(c1ccc(CSc2nnc(N3CCCC3)n2-c2ccccc2Cl)cc1)C(F)F. The number of rotatable bonds is 7. The quantitative estimate of drug-likeness (QED) is 0.448. The molecule has 1 aromatic heterocycles. The molecule has 1 saturated heterocycles. The van der Waals surface area contributed by atoms with Gasteiger partial charge in [0.1, 0.15) is 0 Å². The molecular formula is C20H19ClF2N4O2S2. The predicted octanol–water partition coefficient (Wildman–Crippen LogP) is 4.81. The number of alkyl halides is 2. The Hall–Kier alpha value is -2.17. The summed E-state index contributed by atoms with van der Waals surface area (Å²) >= 11 is 7.86. The van der Waals surface area contributed by atoms with Crippen LogP contribution in [0, 0.1) is 0 Å². The average molecular weight is 485 g/mol. The minimum absolute atomic E-state index is 0.396. The van der Waals surface area contributed by atoms with Crippen molar-refractivity contribution in [3.63, 3.8) is 0 Å². The molecule has 0 aliphatic carbocycles. The molecule has 1 aliphatic heterocycles. The Kier molecular flexibility index (Phi) is 6.49. The minimum atomic E-state index is -4.60. The van der Waals surface area contributed by atoms with Crippen molar-refractivity contribution in [2.24, 2.45) is 0 Å². The maximum atomic E-state index is 12.7. The van der Waals surface area contributed by atoms with Crippen LogP contribution in [0.3, 0.4) is 0 Å². The Morgan fingerprint density at radius 1 is 1.03 bits per heavy atom. The van der Waals surface area contributed by atoms with E-state index in [1.54, 1.807) is 6.07 Å². The van der Waals surface area contributed by atoms with Crippen LogP contribution in [0.25, 0.3) is 5.69 Å². The summed E-state index contributed by atoms with van der Waals surface area (Å²) in [7, 11) is -4.60. The van der Waals surface area contributed by atoms with Crippen LogP contribution >= 0.6 is 23.4 Å². The summed E-state index contributed by atoms with van der Waals surface area (Å²) in [5.41, 5.74) is 1.55. The number of hydrogen-bond donors (Lipinski definition) is 0. The lowest BCUT2D eigenvalue weighted by Crippen LogP contribution is -2.22. The second-order valence-corrected chi connectivity index (χ2v) is 10.3. The molecule has 0 amide bonds. The molecule has 6 nitrogen and oxygen atoms in total.